The number of hydrogen-bond acceptors (Lipinski definition) is 6. The summed E-state index contributed by atoms with van der Waals surface area (Å²) in [5, 5.41) is 0. The van der Waals surface area contributed by atoms with E-state index in [1.807, 2.05) is 0 Å². The van der Waals surface area contributed by atoms with Crippen LogP contribution in [0.1, 0.15) is 323 Å². The molecule has 0 aromatic carbocycles. The van der Waals surface area contributed by atoms with E-state index in [1.165, 1.54) is 186 Å². The summed E-state index contributed by atoms with van der Waals surface area (Å²) in [6, 6.07) is 0. The van der Waals surface area contributed by atoms with E-state index in [0.717, 1.165) is 96.3 Å². The van der Waals surface area contributed by atoms with Gasteiger partial charge in [-0.1, -0.05) is 281 Å². The van der Waals surface area contributed by atoms with Crippen LogP contribution in [0.5, 0.6) is 0 Å². The van der Waals surface area contributed by atoms with Gasteiger partial charge in [-0.05, 0) is 83.5 Å². The third kappa shape index (κ3) is 58.0. The molecule has 0 radical (unpaired) electrons. The topological polar surface area (TPSA) is 78.9 Å². The van der Waals surface area contributed by atoms with Crippen LogP contribution < -0.4 is 0 Å². The van der Waals surface area contributed by atoms with E-state index >= 15 is 0 Å². The molecule has 0 bridgehead atoms. The highest BCUT2D eigenvalue weighted by Gasteiger charge is 2.19. The van der Waals surface area contributed by atoms with Crippen LogP contribution in [0, 0.1) is 0 Å². The SMILES string of the molecule is CC/C=C\C/C=C\C/C=C\C/C=C\CCCCCCCCC(=O)OC(COC(=O)CCCCCCCCCCC/C=C\CCCCCCCCCC)COC(=O)CCCCCCCCCCCCCCCC. The zero-order chi connectivity index (χ0) is 52.2. The molecule has 0 fully saturated rings. The molecule has 72 heavy (non-hydrogen) atoms. The van der Waals surface area contributed by atoms with E-state index in [4.69, 9.17) is 14.2 Å². The molecule has 0 aliphatic rings. The zero-order valence-electron chi connectivity index (χ0n) is 47.9. The molecule has 0 rings (SSSR count). The van der Waals surface area contributed by atoms with Gasteiger partial charge in [-0.15, -0.1) is 0 Å². The average Bonchev–Trinajstić information content (AvgIpc) is 3.38. The molecule has 0 spiro atoms. The minimum Gasteiger partial charge on any atom is -0.462 e. The van der Waals surface area contributed by atoms with Crippen molar-refractivity contribution in [3.05, 3.63) is 60.8 Å². The number of carbonyl (C=O) groups is 3. The Labute approximate surface area is 447 Å². The molecule has 1 atom stereocenters. The maximum Gasteiger partial charge on any atom is 0.306 e. The molecule has 0 amide bonds. The Balaban J connectivity index is 4.35. The van der Waals surface area contributed by atoms with Gasteiger partial charge in [0.25, 0.3) is 0 Å². The normalized spacial score (nSPS) is 12.4. The van der Waals surface area contributed by atoms with Gasteiger partial charge in [0.2, 0.25) is 0 Å². The van der Waals surface area contributed by atoms with Gasteiger partial charge in [-0.25, -0.2) is 0 Å². The Morgan fingerprint density at radius 3 is 0.861 bits per heavy atom. The molecule has 0 heterocycles. The fourth-order valence-corrected chi connectivity index (χ4v) is 9.08. The predicted octanol–water partition coefficient (Wildman–Crippen LogP) is 21.2. The number of ether oxygens (including phenoxy) is 3. The van der Waals surface area contributed by atoms with Crippen LogP contribution in [0.15, 0.2) is 60.8 Å². The predicted molar refractivity (Wildman–Crippen MR) is 312 cm³/mol. The van der Waals surface area contributed by atoms with Crippen molar-refractivity contribution in [1.82, 2.24) is 0 Å². The second-order valence-electron chi connectivity index (χ2n) is 20.9. The molecule has 6 heteroatoms. The second kappa shape index (κ2) is 60.7. The first-order valence-corrected chi connectivity index (χ1v) is 31.3. The van der Waals surface area contributed by atoms with Gasteiger partial charge in [-0.3, -0.25) is 14.4 Å². The number of unbranched alkanes of at least 4 members (excludes halogenated alkanes) is 36. The van der Waals surface area contributed by atoms with Gasteiger partial charge in [0.1, 0.15) is 13.2 Å². The van der Waals surface area contributed by atoms with Gasteiger partial charge in [0, 0.05) is 19.3 Å². The van der Waals surface area contributed by atoms with Crippen molar-refractivity contribution in [1.29, 1.82) is 0 Å². The minimum atomic E-state index is -0.782. The van der Waals surface area contributed by atoms with Crippen molar-refractivity contribution in [3.8, 4) is 0 Å². The summed E-state index contributed by atoms with van der Waals surface area (Å²) in [5.41, 5.74) is 0. The first kappa shape index (κ1) is 69.1. The Hall–Kier alpha value is -2.89. The van der Waals surface area contributed by atoms with Crippen LogP contribution in [0.25, 0.3) is 0 Å². The first-order valence-electron chi connectivity index (χ1n) is 31.3. The minimum absolute atomic E-state index is 0.0776. The highest BCUT2D eigenvalue weighted by atomic mass is 16.6. The van der Waals surface area contributed by atoms with Gasteiger partial charge in [0.15, 0.2) is 6.10 Å². The van der Waals surface area contributed by atoms with Crippen molar-refractivity contribution in [2.75, 3.05) is 13.2 Å². The summed E-state index contributed by atoms with van der Waals surface area (Å²) in [6.07, 6.45) is 76.5. The number of esters is 3. The van der Waals surface area contributed by atoms with Crippen molar-refractivity contribution in [3.63, 3.8) is 0 Å². The molecule has 0 aromatic heterocycles. The summed E-state index contributed by atoms with van der Waals surface area (Å²) in [4.78, 5) is 38.3. The average molecular weight is 1010 g/mol. The molecule has 1 unspecified atom stereocenters. The summed E-state index contributed by atoms with van der Waals surface area (Å²) in [5.74, 6) is -0.877. The van der Waals surface area contributed by atoms with Gasteiger partial charge >= 0.3 is 17.9 Å². The molecular weight excluding hydrogens is 889 g/mol. The molecule has 0 saturated carbocycles. The summed E-state index contributed by atoms with van der Waals surface area (Å²) in [6.45, 7) is 6.56. The first-order chi connectivity index (χ1) is 35.5. The second-order valence-corrected chi connectivity index (χ2v) is 20.9. The van der Waals surface area contributed by atoms with Gasteiger partial charge < -0.3 is 14.2 Å². The third-order valence-electron chi connectivity index (χ3n) is 13.8. The Morgan fingerprint density at radius 2 is 0.542 bits per heavy atom. The molecule has 6 nitrogen and oxygen atoms in total. The number of hydrogen-bond donors (Lipinski definition) is 0. The summed E-state index contributed by atoms with van der Waals surface area (Å²) < 4.78 is 16.9. The molecule has 0 N–H and O–H groups in total. The largest absolute Gasteiger partial charge is 0.462 e. The molecule has 0 aromatic rings. The Kier molecular flexibility index (Phi) is 58.2. The third-order valence-corrected chi connectivity index (χ3v) is 13.8. The Bertz CT molecular complexity index is 1290. The quantitative estimate of drug-likeness (QED) is 0.0261. The van der Waals surface area contributed by atoms with E-state index in [1.54, 1.807) is 0 Å². The number of carbonyl (C=O) groups excluding carboxylic acids is 3. The van der Waals surface area contributed by atoms with Crippen LogP contribution >= 0.6 is 0 Å². The highest BCUT2D eigenvalue weighted by molar-refractivity contribution is 5.71. The van der Waals surface area contributed by atoms with E-state index in [2.05, 4.69) is 81.5 Å². The monoisotopic (exact) mass is 1010 g/mol. The lowest BCUT2D eigenvalue weighted by Crippen LogP contribution is -2.30. The van der Waals surface area contributed by atoms with Crippen LogP contribution in [0.4, 0.5) is 0 Å². The fourth-order valence-electron chi connectivity index (χ4n) is 9.08. The van der Waals surface area contributed by atoms with Crippen molar-refractivity contribution < 1.29 is 28.6 Å². The van der Waals surface area contributed by atoms with Crippen LogP contribution in [-0.4, -0.2) is 37.2 Å². The van der Waals surface area contributed by atoms with Gasteiger partial charge in [-0.2, -0.15) is 0 Å². The number of allylic oxidation sites excluding steroid dienone is 10. The lowest BCUT2D eigenvalue weighted by Gasteiger charge is -2.18. The summed E-state index contributed by atoms with van der Waals surface area (Å²) in [7, 11) is 0. The molecule has 0 aliphatic heterocycles. The lowest BCUT2D eigenvalue weighted by atomic mass is 10.0. The smallest absolute Gasteiger partial charge is 0.306 e. The van der Waals surface area contributed by atoms with Crippen LogP contribution in [-0.2, 0) is 28.6 Å². The maximum absolute atomic E-state index is 12.9. The van der Waals surface area contributed by atoms with Crippen molar-refractivity contribution >= 4 is 17.9 Å². The molecule has 418 valence electrons. The van der Waals surface area contributed by atoms with Crippen LogP contribution in [0.2, 0.25) is 0 Å². The molecule has 0 saturated heterocycles. The van der Waals surface area contributed by atoms with E-state index in [9.17, 15) is 14.4 Å². The highest BCUT2D eigenvalue weighted by Crippen LogP contribution is 2.17. The maximum atomic E-state index is 12.9. The van der Waals surface area contributed by atoms with E-state index < -0.39 is 6.10 Å². The lowest BCUT2D eigenvalue weighted by molar-refractivity contribution is -0.167. The number of rotatable bonds is 57. The van der Waals surface area contributed by atoms with Crippen LogP contribution in [0.3, 0.4) is 0 Å². The standard InChI is InChI=1S/C66H118O6/c1-4-7-10-13-16-19-22-25-28-30-32-33-35-36-38-41-44-47-50-53-56-59-65(68)71-62-63(61-70-64(67)58-55-52-49-46-43-40-27-24-21-18-15-12-9-6-3)72-66(69)60-57-54-51-48-45-42-39-37-34-31-29-26-23-20-17-14-11-8-5-2/h8,11,17,20,26,29-30,32,34,37,63H,4-7,9-10,12-16,18-19,21-25,27-28,31,33,35-36,38-62H2,1-3H3/b11-8-,20-17-,29-26-,32-30-,37-34-. The molecule has 0 aliphatic carbocycles. The summed E-state index contributed by atoms with van der Waals surface area (Å²) >= 11 is 0. The van der Waals surface area contributed by atoms with E-state index in [-0.39, 0.29) is 31.1 Å². The molecular formula is C66H118O6. The fraction of sp³-hybridized carbons (Fsp3) is 0.803. The van der Waals surface area contributed by atoms with Crippen molar-refractivity contribution in [2.24, 2.45) is 0 Å². The zero-order valence-corrected chi connectivity index (χ0v) is 47.9. The van der Waals surface area contributed by atoms with E-state index in [0.29, 0.717) is 19.3 Å². The Morgan fingerprint density at radius 1 is 0.292 bits per heavy atom. The van der Waals surface area contributed by atoms with Crippen molar-refractivity contribution in [2.45, 2.75) is 329 Å². The van der Waals surface area contributed by atoms with Gasteiger partial charge in [0.05, 0.1) is 0 Å².